The van der Waals surface area contributed by atoms with Gasteiger partial charge in [-0.1, -0.05) is 52.1 Å². The quantitative estimate of drug-likeness (QED) is 0.285. The Morgan fingerprint density at radius 1 is 0.950 bits per heavy atom. The molecular formula is C28H27Cl3N6O3. The van der Waals surface area contributed by atoms with Crippen molar-refractivity contribution in [3.05, 3.63) is 97.6 Å². The lowest BCUT2D eigenvalue weighted by atomic mass is 10.1. The molecule has 0 spiro atoms. The van der Waals surface area contributed by atoms with Crippen LogP contribution in [-0.2, 0) is 6.54 Å². The van der Waals surface area contributed by atoms with Crippen molar-refractivity contribution in [2.45, 2.75) is 32.5 Å². The molecule has 1 saturated heterocycles. The topological polar surface area (TPSA) is 85.5 Å². The molecule has 1 aliphatic rings. The van der Waals surface area contributed by atoms with Crippen LogP contribution in [0.5, 0.6) is 5.75 Å². The Kier molecular flexibility index (Phi) is 8.19. The summed E-state index contributed by atoms with van der Waals surface area (Å²) >= 11 is 18.6. The summed E-state index contributed by atoms with van der Waals surface area (Å²) in [4.78, 5) is 30.3. The van der Waals surface area contributed by atoms with Crippen molar-refractivity contribution in [1.29, 1.82) is 0 Å². The fourth-order valence-corrected chi connectivity index (χ4v) is 5.64. The van der Waals surface area contributed by atoms with Crippen LogP contribution in [0.25, 0.3) is 11.4 Å². The van der Waals surface area contributed by atoms with Gasteiger partial charge in [0, 0.05) is 44.0 Å². The van der Waals surface area contributed by atoms with Gasteiger partial charge in [-0.2, -0.15) is 0 Å². The second kappa shape index (κ2) is 11.6. The normalized spacial score (nSPS) is 17.7. The molecule has 1 aliphatic heterocycles. The van der Waals surface area contributed by atoms with E-state index in [9.17, 15) is 9.59 Å². The molecular weight excluding hydrogens is 575 g/mol. The van der Waals surface area contributed by atoms with E-state index in [1.165, 1.54) is 10.6 Å². The highest BCUT2D eigenvalue weighted by atomic mass is 35.5. The van der Waals surface area contributed by atoms with Gasteiger partial charge in [0.1, 0.15) is 5.75 Å². The molecule has 3 heterocycles. The number of ether oxygens (including phenoxy) is 1. The van der Waals surface area contributed by atoms with Crippen molar-refractivity contribution in [1.82, 2.24) is 29.4 Å². The van der Waals surface area contributed by atoms with Gasteiger partial charge in [-0.15, -0.1) is 5.10 Å². The Morgan fingerprint density at radius 3 is 2.38 bits per heavy atom. The van der Waals surface area contributed by atoms with Gasteiger partial charge >= 0.3 is 0 Å². The molecule has 0 radical (unpaired) electrons. The molecule has 2 aromatic carbocycles. The van der Waals surface area contributed by atoms with Crippen LogP contribution in [0.3, 0.4) is 0 Å². The summed E-state index contributed by atoms with van der Waals surface area (Å²) in [5.41, 5.74) is 2.10. The minimum absolute atomic E-state index is 0.0477. The number of piperazine rings is 1. The molecule has 12 heteroatoms. The van der Waals surface area contributed by atoms with E-state index in [-0.39, 0.29) is 23.6 Å². The minimum atomic E-state index is -0.247. The van der Waals surface area contributed by atoms with Crippen LogP contribution in [0.2, 0.25) is 15.1 Å². The molecule has 208 valence electrons. The van der Waals surface area contributed by atoms with Crippen LogP contribution in [0.4, 0.5) is 0 Å². The maximum atomic E-state index is 13.6. The van der Waals surface area contributed by atoms with Crippen LogP contribution >= 0.6 is 34.8 Å². The lowest BCUT2D eigenvalue weighted by Crippen LogP contribution is -2.57. The summed E-state index contributed by atoms with van der Waals surface area (Å²) in [5.74, 6) is 0.408. The van der Waals surface area contributed by atoms with Gasteiger partial charge in [0.2, 0.25) is 0 Å². The summed E-state index contributed by atoms with van der Waals surface area (Å²) < 4.78 is 8.43. The maximum Gasteiger partial charge on any atom is 0.255 e. The first-order valence-corrected chi connectivity index (χ1v) is 13.8. The van der Waals surface area contributed by atoms with Crippen LogP contribution in [-0.4, -0.2) is 67.6 Å². The third kappa shape index (κ3) is 5.60. The average Bonchev–Trinajstić information content (AvgIpc) is 3.41. The van der Waals surface area contributed by atoms with E-state index in [0.717, 1.165) is 5.69 Å². The van der Waals surface area contributed by atoms with Crippen LogP contribution in [0.15, 0.2) is 65.7 Å². The SMILES string of the molecule is COc1ccccc1-n1cc(C(=O)N2C[C@@H](C)N(Cc3cn(-c4cc(Cl)c(Cl)cc4Cl)nn3)[C@@H](C)C2)ccc1=O. The van der Waals surface area contributed by atoms with E-state index < -0.39 is 0 Å². The summed E-state index contributed by atoms with van der Waals surface area (Å²) in [6.45, 7) is 5.73. The molecule has 0 unspecified atom stereocenters. The zero-order valence-electron chi connectivity index (χ0n) is 22.1. The molecule has 5 rings (SSSR count). The number of carbonyl (C=O) groups excluding carboxylic acids is 1. The first-order valence-electron chi connectivity index (χ1n) is 12.6. The van der Waals surface area contributed by atoms with Gasteiger partial charge in [-0.25, -0.2) is 4.68 Å². The second-order valence-electron chi connectivity index (χ2n) is 9.75. The van der Waals surface area contributed by atoms with Crippen LogP contribution < -0.4 is 10.3 Å². The van der Waals surface area contributed by atoms with E-state index in [1.54, 1.807) is 48.3 Å². The number of hydrogen-bond donors (Lipinski definition) is 0. The molecule has 0 aliphatic carbocycles. The highest BCUT2D eigenvalue weighted by Crippen LogP contribution is 2.31. The lowest BCUT2D eigenvalue weighted by molar-refractivity contribution is 0.0263. The van der Waals surface area contributed by atoms with Gasteiger partial charge in [-0.05, 0) is 44.2 Å². The largest absolute Gasteiger partial charge is 0.495 e. The molecule has 9 nitrogen and oxygen atoms in total. The number of benzene rings is 2. The lowest BCUT2D eigenvalue weighted by Gasteiger charge is -2.44. The summed E-state index contributed by atoms with van der Waals surface area (Å²) in [5, 5.41) is 9.70. The van der Waals surface area contributed by atoms with Gasteiger partial charge in [0.15, 0.2) is 0 Å². The third-order valence-corrected chi connectivity index (χ3v) is 8.04. The Balaban J connectivity index is 1.31. The van der Waals surface area contributed by atoms with Crippen molar-refractivity contribution in [2.24, 2.45) is 0 Å². The monoisotopic (exact) mass is 600 g/mol. The molecule has 2 atom stereocenters. The van der Waals surface area contributed by atoms with Gasteiger partial charge in [0.25, 0.3) is 11.5 Å². The fraction of sp³-hybridized carbons (Fsp3) is 0.286. The van der Waals surface area contributed by atoms with Crippen molar-refractivity contribution in [2.75, 3.05) is 20.2 Å². The molecule has 40 heavy (non-hydrogen) atoms. The van der Waals surface area contributed by atoms with Gasteiger partial charge in [0.05, 0.1) is 51.0 Å². The van der Waals surface area contributed by atoms with Gasteiger partial charge in [-0.3, -0.25) is 19.1 Å². The molecule has 0 N–H and O–H groups in total. The molecule has 2 aromatic heterocycles. The van der Waals surface area contributed by atoms with Gasteiger partial charge < -0.3 is 9.64 Å². The van der Waals surface area contributed by atoms with E-state index >= 15 is 0 Å². The Bertz CT molecular complexity index is 1610. The number of amides is 1. The summed E-state index contributed by atoms with van der Waals surface area (Å²) in [6.07, 6.45) is 3.39. The molecule has 0 saturated carbocycles. The first kappa shape index (κ1) is 28.2. The summed E-state index contributed by atoms with van der Waals surface area (Å²) in [6, 6.07) is 13.5. The predicted octanol–water partition coefficient (Wildman–Crippen LogP) is 5.12. The van der Waals surface area contributed by atoms with E-state index in [1.807, 2.05) is 23.2 Å². The fourth-order valence-electron chi connectivity index (χ4n) is 5.01. The molecule has 4 aromatic rings. The van der Waals surface area contributed by atoms with Crippen LogP contribution in [0.1, 0.15) is 29.9 Å². The highest BCUT2D eigenvalue weighted by molar-refractivity contribution is 6.43. The number of halogens is 3. The molecule has 1 amide bonds. The highest BCUT2D eigenvalue weighted by Gasteiger charge is 2.33. The number of para-hydroxylation sites is 2. The zero-order valence-corrected chi connectivity index (χ0v) is 24.4. The number of nitrogens with zero attached hydrogens (tertiary/aromatic N) is 6. The van der Waals surface area contributed by atoms with E-state index in [0.29, 0.717) is 57.4 Å². The van der Waals surface area contributed by atoms with E-state index in [4.69, 9.17) is 39.5 Å². The Morgan fingerprint density at radius 2 is 1.65 bits per heavy atom. The number of aromatic nitrogens is 4. The van der Waals surface area contributed by atoms with Crippen molar-refractivity contribution in [3.63, 3.8) is 0 Å². The second-order valence-corrected chi connectivity index (χ2v) is 11.0. The number of rotatable bonds is 6. The maximum absolute atomic E-state index is 13.6. The third-order valence-electron chi connectivity index (χ3n) is 7.01. The van der Waals surface area contributed by atoms with E-state index in [2.05, 4.69) is 29.1 Å². The average molecular weight is 602 g/mol. The number of carbonyl (C=O) groups is 1. The number of methoxy groups -OCH3 is 1. The molecule has 0 bridgehead atoms. The van der Waals surface area contributed by atoms with Crippen molar-refractivity contribution >= 4 is 40.7 Å². The smallest absolute Gasteiger partial charge is 0.255 e. The Labute approximate surface area is 246 Å². The predicted molar refractivity (Wildman–Crippen MR) is 155 cm³/mol. The van der Waals surface area contributed by atoms with Crippen LogP contribution in [0, 0.1) is 0 Å². The summed E-state index contributed by atoms with van der Waals surface area (Å²) in [7, 11) is 1.55. The Hall–Kier alpha value is -3.37. The molecule has 1 fully saturated rings. The number of hydrogen-bond acceptors (Lipinski definition) is 6. The van der Waals surface area contributed by atoms with Crippen molar-refractivity contribution in [3.8, 4) is 17.1 Å². The minimum Gasteiger partial charge on any atom is -0.495 e. The first-order chi connectivity index (χ1) is 19.2. The zero-order chi connectivity index (χ0) is 28.6. The standard InChI is InChI=1S/C28H27Cl3N6O3/c1-17-12-34(28(39)19-8-9-27(38)36(14-19)24-6-4-5-7-26(24)40-3)13-18(2)35(17)15-20-16-37(33-32-20)25-11-22(30)21(29)10-23(25)31/h4-11,14,16-18H,12-13,15H2,1-3H3/t17-,18+. The number of pyridine rings is 1. The van der Waals surface area contributed by atoms with Crippen molar-refractivity contribution < 1.29 is 9.53 Å².